The second kappa shape index (κ2) is 5.00. The Bertz CT molecular complexity index is 215. The largest absolute Gasteiger partial charge is 0.360 e. The van der Waals surface area contributed by atoms with Gasteiger partial charge in [-0.1, -0.05) is 19.3 Å². The van der Waals surface area contributed by atoms with E-state index >= 15 is 0 Å². The lowest BCUT2D eigenvalue weighted by atomic mass is 9.88. The average Bonchev–Trinajstić information content (AvgIpc) is 3.10. The van der Waals surface area contributed by atoms with Gasteiger partial charge < -0.3 is 4.90 Å². The van der Waals surface area contributed by atoms with Crippen LogP contribution in [-0.4, -0.2) is 23.8 Å². The first-order valence-corrected chi connectivity index (χ1v) is 6.64. The standard InChI is InChI=1S/C13H24N2/c1-2-15(10-11-8-9-11)13(14)12-6-4-3-5-7-12/h11-12,14H,2-10H2,1H3. The third-order valence-corrected chi connectivity index (χ3v) is 3.89. The molecule has 0 amide bonds. The van der Waals surface area contributed by atoms with E-state index in [1.165, 1.54) is 44.9 Å². The molecule has 0 saturated heterocycles. The lowest BCUT2D eigenvalue weighted by Crippen LogP contribution is -2.37. The van der Waals surface area contributed by atoms with Crippen LogP contribution < -0.4 is 0 Å². The highest BCUT2D eigenvalue weighted by molar-refractivity contribution is 5.81. The van der Waals surface area contributed by atoms with Crippen molar-refractivity contribution in [3.63, 3.8) is 0 Å². The van der Waals surface area contributed by atoms with Crippen LogP contribution in [0.2, 0.25) is 0 Å². The van der Waals surface area contributed by atoms with Crippen molar-refractivity contribution in [3.05, 3.63) is 0 Å². The Morgan fingerprint density at radius 3 is 2.33 bits per heavy atom. The molecular weight excluding hydrogens is 184 g/mol. The molecule has 0 atom stereocenters. The van der Waals surface area contributed by atoms with Gasteiger partial charge in [0.25, 0.3) is 0 Å². The second-order valence-corrected chi connectivity index (χ2v) is 5.20. The molecule has 0 aromatic heterocycles. The van der Waals surface area contributed by atoms with Crippen LogP contribution in [0.3, 0.4) is 0 Å². The summed E-state index contributed by atoms with van der Waals surface area (Å²) in [4.78, 5) is 2.33. The monoisotopic (exact) mass is 208 g/mol. The van der Waals surface area contributed by atoms with Crippen molar-refractivity contribution in [3.8, 4) is 0 Å². The Balaban J connectivity index is 1.84. The number of rotatable bonds is 4. The van der Waals surface area contributed by atoms with Crippen molar-refractivity contribution in [2.24, 2.45) is 11.8 Å². The minimum absolute atomic E-state index is 0.581. The van der Waals surface area contributed by atoms with E-state index in [4.69, 9.17) is 5.41 Å². The Labute approximate surface area is 93.6 Å². The number of nitrogens with one attached hydrogen (secondary N) is 1. The fourth-order valence-corrected chi connectivity index (χ4v) is 2.64. The van der Waals surface area contributed by atoms with Gasteiger partial charge in [0.15, 0.2) is 0 Å². The Hall–Kier alpha value is -0.530. The quantitative estimate of drug-likeness (QED) is 0.557. The van der Waals surface area contributed by atoms with Gasteiger partial charge in [-0.2, -0.15) is 0 Å². The lowest BCUT2D eigenvalue weighted by Gasteiger charge is -2.31. The fraction of sp³-hybridized carbons (Fsp3) is 0.923. The molecule has 0 aromatic rings. The third kappa shape index (κ3) is 2.96. The summed E-state index contributed by atoms with van der Waals surface area (Å²) in [6, 6.07) is 0. The molecule has 0 aliphatic heterocycles. The van der Waals surface area contributed by atoms with Crippen LogP contribution in [0.15, 0.2) is 0 Å². The summed E-state index contributed by atoms with van der Waals surface area (Å²) in [5, 5.41) is 8.29. The van der Waals surface area contributed by atoms with Crippen molar-refractivity contribution in [2.45, 2.75) is 51.9 Å². The van der Waals surface area contributed by atoms with Crippen molar-refractivity contribution >= 4 is 5.84 Å². The highest BCUT2D eigenvalue weighted by Crippen LogP contribution is 2.31. The van der Waals surface area contributed by atoms with E-state index in [1.54, 1.807) is 0 Å². The van der Waals surface area contributed by atoms with Crippen LogP contribution in [0.4, 0.5) is 0 Å². The molecule has 15 heavy (non-hydrogen) atoms. The van der Waals surface area contributed by atoms with Gasteiger partial charge in [-0.05, 0) is 38.5 Å². The first-order chi connectivity index (χ1) is 7.31. The summed E-state index contributed by atoms with van der Waals surface area (Å²) in [5.74, 6) is 2.44. The van der Waals surface area contributed by atoms with Gasteiger partial charge in [-0.25, -0.2) is 0 Å². The minimum atomic E-state index is 0.581. The van der Waals surface area contributed by atoms with Crippen LogP contribution in [0, 0.1) is 17.2 Å². The van der Waals surface area contributed by atoms with Crippen molar-refractivity contribution in [1.82, 2.24) is 4.90 Å². The summed E-state index contributed by atoms with van der Waals surface area (Å²) in [5.41, 5.74) is 0. The summed E-state index contributed by atoms with van der Waals surface area (Å²) in [6.45, 7) is 4.39. The van der Waals surface area contributed by atoms with Gasteiger partial charge in [0.2, 0.25) is 0 Å². The van der Waals surface area contributed by atoms with E-state index < -0.39 is 0 Å². The number of amidine groups is 1. The Morgan fingerprint density at radius 1 is 1.13 bits per heavy atom. The van der Waals surface area contributed by atoms with Crippen LogP contribution in [0.1, 0.15) is 51.9 Å². The van der Waals surface area contributed by atoms with Crippen LogP contribution >= 0.6 is 0 Å². The Kier molecular flexibility index (Phi) is 3.66. The van der Waals surface area contributed by atoms with Crippen molar-refractivity contribution < 1.29 is 0 Å². The van der Waals surface area contributed by atoms with E-state index in [-0.39, 0.29) is 0 Å². The maximum absolute atomic E-state index is 8.29. The zero-order valence-corrected chi connectivity index (χ0v) is 9.97. The molecule has 2 rings (SSSR count). The molecule has 2 aliphatic rings. The molecule has 2 fully saturated rings. The molecular formula is C13H24N2. The van der Waals surface area contributed by atoms with E-state index in [2.05, 4.69) is 11.8 Å². The lowest BCUT2D eigenvalue weighted by molar-refractivity contribution is 0.352. The summed E-state index contributed by atoms with van der Waals surface area (Å²) in [6.07, 6.45) is 9.39. The van der Waals surface area contributed by atoms with Gasteiger partial charge >= 0.3 is 0 Å². The first-order valence-electron chi connectivity index (χ1n) is 6.64. The predicted octanol–water partition coefficient (Wildman–Crippen LogP) is 3.28. The van der Waals surface area contributed by atoms with E-state index in [0.29, 0.717) is 5.92 Å². The molecule has 2 saturated carbocycles. The highest BCUT2D eigenvalue weighted by atomic mass is 15.2. The first kappa shape index (κ1) is 11.0. The molecule has 86 valence electrons. The zero-order valence-electron chi connectivity index (χ0n) is 9.97. The van der Waals surface area contributed by atoms with E-state index in [0.717, 1.165) is 24.8 Å². The smallest absolute Gasteiger partial charge is 0.0989 e. The normalized spacial score (nSPS) is 22.7. The summed E-state index contributed by atoms with van der Waals surface area (Å²) < 4.78 is 0. The minimum Gasteiger partial charge on any atom is -0.360 e. The maximum Gasteiger partial charge on any atom is 0.0989 e. The van der Waals surface area contributed by atoms with Gasteiger partial charge in [0.1, 0.15) is 0 Å². The number of hydrogen-bond donors (Lipinski definition) is 1. The molecule has 2 nitrogen and oxygen atoms in total. The molecule has 2 aliphatic carbocycles. The second-order valence-electron chi connectivity index (χ2n) is 5.20. The SMILES string of the molecule is CCN(CC1CC1)C(=N)C1CCCCC1. The van der Waals surface area contributed by atoms with Gasteiger partial charge in [0, 0.05) is 19.0 Å². The predicted molar refractivity (Wildman–Crippen MR) is 64.3 cm³/mol. The molecule has 0 bridgehead atoms. The van der Waals surface area contributed by atoms with Crippen molar-refractivity contribution in [2.75, 3.05) is 13.1 Å². The van der Waals surface area contributed by atoms with E-state index in [9.17, 15) is 0 Å². The van der Waals surface area contributed by atoms with Gasteiger partial charge in [-0.15, -0.1) is 0 Å². The molecule has 2 heteroatoms. The van der Waals surface area contributed by atoms with E-state index in [1.807, 2.05) is 0 Å². The summed E-state index contributed by atoms with van der Waals surface area (Å²) in [7, 11) is 0. The topological polar surface area (TPSA) is 27.1 Å². The maximum atomic E-state index is 8.29. The summed E-state index contributed by atoms with van der Waals surface area (Å²) >= 11 is 0. The molecule has 0 unspecified atom stereocenters. The average molecular weight is 208 g/mol. The van der Waals surface area contributed by atoms with Gasteiger partial charge in [0.05, 0.1) is 5.84 Å². The van der Waals surface area contributed by atoms with Crippen LogP contribution in [0.5, 0.6) is 0 Å². The van der Waals surface area contributed by atoms with Crippen molar-refractivity contribution in [1.29, 1.82) is 5.41 Å². The number of hydrogen-bond acceptors (Lipinski definition) is 1. The molecule has 0 radical (unpaired) electrons. The van der Waals surface area contributed by atoms with Gasteiger partial charge in [-0.3, -0.25) is 5.41 Å². The highest BCUT2D eigenvalue weighted by Gasteiger charge is 2.27. The van der Waals surface area contributed by atoms with Crippen LogP contribution in [0.25, 0.3) is 0 Å². The van der Waals surface area contributed by atoms with Crippen LogP contribution in [-0.2, 0) is 0 Å². The molecule has 1 N–H and O–H groups in total. The zero-order chi connectivity index (χ0) is 10.7. The number of nitrogens with zero attached hydrogens (tertiary/aromatic N) is 1. The molecule has 0 heterocycles. The molecule has 0 spiro atoms. The molecule has 0 aromatic carbocycles. The Morgan fingerprint density at radius 2 is 1.80 bits per heavy atom. The fourth-order valence-electron chi connectivity index (χ4n) is 2.64. The third-order valence-electron chi connectivity index (χ3n) is 3.89.